The van der Waals surface area contributed by atoms with E-state index >= 15 is 0 Å². The third-order valence-corrected chi connectivity index (χ3v) is 5.80. The molecule has 0 spiro atoms. The Hall–Kier alpha value is -4.11. The standard InChI is InChI=1S/C24H23N7O2/c1-13-7-4-5-10-17(13)31-18(28-16-9-6-8-14(2)19(16)24(31)33)11-30-23-20(21(29-30)15(3)32)22(25)26-12-27-23/h4-10,12,15,32H,11H2,1-3H3,(H2,25,26,27)/t15-/m0/s1. The molecule has 9 nitrogen and oxygen atoms in total. The van der Waals surface area contributed by atoms with E-state index in [1.807, 2.05) is 56.3 Å². The number of aromatic nitrogens is 6. The van der Waals surface area contributed by atoms with Crippen molar-refractivity contribution in [3.63, 3.8) is 0 Å². The summed E-state index contributed by atoms with van der Waals surface area (Å²) in [7, 11) is 0. The van der Waals surface area contributed by atoms with Crippen molar-refractivity contribution >= 4 is 27.8 Å². The lowest BCUT2D eigenvalue weighted by atomic mass is 10.1. The number of fused-ring (bicyclic) bond motifs is 2. The first-order chi connectivity index (χ1) is 15.9. The molecule has 5 aromatic rings. The molecule has 0 amide bonds. The molecule has 9 heteroatoms. The van der Waals surface area contributed by atoms with Gasteiger partial charge in [0.25, 0.3) is 5.56 Å². The third-order valence-electron chi connectivity index (χ3n) is 5.80. The maximum absolute atomic E-state index is 13.8. The Morgan fingerprint density at radius 3 is 2.55 bits per heavy atom. The summed E-state index contributed by atoms with van der Waals surface area (Å²) in [5, 5.41) is 15.9. The molecule has 5 rings (SSSR count). The summed E-state index contributed by atoms with van der Waals surface area (Å²) < 4.78 is 3.23. The van der Waals surface area contributed by atoms with Crippen molar-refractivity contribution in [1.82, 2.24) is 29.3 Å². The molecule has 0 saturated carbocycles. The number of nitrogens with zero attached hydrogens (tertiary/aromatic N) is 6. The second-order valence-electron chi connectivity index (χ2n) is 8.10. The van der Waals surface area contributed by atoms with Crippen LogP contribution in [0.25, 0.3) is 27.6 Å². The minimum absolute atomic E-state index is 0.146. The Morgan fingerprint density at radius 1 is 1.03 bits per heavy atom. The van der Waals surface area contributed by atoms with E-state index in [2.05, 4.69) is 15.1 Å². The van der Waals surface area contributed by atoms with Gasteiger partial charge in [-0.1, -0.05) is 30.3 Å². The number of benzene rings is 2. The van der Waals surface area contributed by atoms with Crippen LogP contribution in [-0.2, 0) is 6.54 Å². The van der Waals surface area contributed by atoms with Gasteiger partial charge in [-0.05, 0) is 44.0 Å². The molecule has 0 aliphatic rings. The van der Waals surface area contributed by atoms with Crippen LogP contribution in [0.5, 0.6) is 0 Å². The Balaban J connectivity index is 1.81. The molecule has 0 unspecified atom stereocenters. The van der Waals surface area contributed by atoms with Crippen LogP contribution in [0.2, 0.25) is 0 Å². The molecule has 3 heterocycles. The highest BCUT2D eigenvalue weighted by atomic mass is 16.3. The first kappa shape index (κ1) is 20.8. The van der Waals surface area contributed by atoms with Gasteiger partial charge in [0, 0.05) is 0 Å². The molecule has 0 aliphatic carbocycles. The van der Waals surface area contributed by atoms with Crippen molar-refractivity contribution in [3.05, 3.63) is 81.8 Å². The van der Waals surface area contributed by atoms with Crippen molar-refractivity contribution in [2.24, 2.45) is 0 Å². The fraction of sp³-hybridized carbons (Fsp3) is 0.208. The quantitative estimate of drug-likeness (QED) is 0.439. The highest BCUT2D eigenvalue weighted by Crippen LogP contribution is 2.27. The third kappa shape index (κ3) is 3.33. The maximum atomic E-state index is 13.8. The lowest BCUT2D eigenvalue weighted by Crippen LogP contribution is -2.26. The van der Waals surface area contributed by atoms with Gasteiger partial charge in [0.2, 0.25) is 0 Å². The number of para-hydroxylation sites is 1. The van der Waals surface area contributed by atoms with Crippen LogP contribution in [0.3, 0.4) is 0 Å². The zero-order valence-electron chi connectivity index (χ0n) is 18.5. The summed E-state index contributed by atoms with van der Waals surface area (Å²) in [5.41, 5.74) is 9.93. The summed E-state index contributed by atoms with van der Waals surface area (Å²) in [6, 6.07) is 13.3. The molecule has 0 saturated heterocycles. The Kier molecular flexibility index (Phi) is 4.90. The number of hydrogen-bond acceptors (Lipinski definition) is 7. The lowest BCUT2D eigenvalue weighted by Gasteiger charge is -2.16. The topological polar surface area (TPSA) is 125 Å². The van der Waals surface area contributed by atoms with Crippen LogP contribution in [0.4, 0.5) is 5.82 Å². The van der Waals surface area contributed by atoms with E-state index < -0.39 is 6.10 Å². The predicted octanol–water partition coefficient (Wildman–Crippen LogP) is 2.83. The van der Waals surface area contributed by atoms with Crippen molar-refractivity contribution in [3.8, 4) is 5.69 Å². The number of nitrogens with two attached hydrogens (primary N) is 1. The zero-order valence-corrected chi connectivity index (χ0v) is 18.5. The predicted molar refractivity (Wildman–Crippen MR) is 126 cm³/mol. The van der Waals surface area contributed by atoms with Crippen molar-refractivity contribution in [1.29, 1.82) is 0 Å². The van der Waals surface area contributed by atoms with Gasteiger partial charge >= 0.3 is 0 Å². The van der Waals surface area contributed by atoms with E-state index in [0.717, 1.165) is 16.8 Å². The zero-order chi connectivity index (χ0) is 23.3. The van der Waals surface area contributed by atoms with Crippen molar-refractivity contribution in [2.45, 2.75) is 33.4 Å². The SMILES string of the molecule is Cc1ccccc1-n1c(Cn2nc([C@H](C)O)c3c(N)ncnc32)nc2cccc(C)c2c1=O. The van der Waals surface area contributed by atoms with Crippen LogP contribution >= 0.6 is 0 Å². The van der Waals surface area contributed by atoms with Gasteiger partial charge in [-0.25, -0.2) is 19.6 Å². The fourth-order valence-corrected chi connectivity index (χ4v) is 4.21. The Bertz CT molecular complexity index is 1580. The van der Waals surface area contributed by atoms with Crippen molar-refractivity contribution < 1.29 is 5.11 Å². The van der Waals surface area contributed by atoms with Crippen LogP contribution < -0.4 is 11.3 Å². The number of aliphatic hydroxyl groups is 1. The Labute approximate surface area is 189 Å². The summed E-state index contributed by atoms with van der Waals surface area (Å²) >= 11 is 0. The molecule has 0 aliphatic heterocycles. The molecule has 3 N–H and O–H groups in total. The minimum Gasteiger partial charge on any atom is -0.387 e. The first-order valence-electron chi connectivity index (χ1n) is 10.6. The smallest absolute Gasteiger partial charge is 0.266 e. The molecule has 3 aromatic heterocycles. The largest absolute Gasteiger partial charge is 0.387 e. The van der Waals surface area contributed by atoms with Crippen LogP contribution in [0, 0.1) is 13.8 Å². The highest BCUT2D eigenvalue weighted by Gasteiger charge is 2.21. The summed E-state index contributed by atoms with van der Waals surface area (Å²) in [5.74, 6) is 0.728. The van der Waals surface area contributed by atoms with E-state index in [1.54, 1.807) is 16.2 Å². The fourth-order valence-electron chi connectivity index (χ4n) is 4.21. The summed E-state index contributed by atoms with van der Waals surface area (Å²) in [4.78, 5) is 27.0. The van der Waals surface area contributed by atoms with Gasteiger partial charge in [0.1, 0.15) is 30.2 Å². The maximum Gasteiger partial charge on any atom is 0.266 e. The second kappa shape index (κ2) is 7.79. The molecule has 0 fully saturated rings. The van der Waals surface area contributed by atoms with E-state index in [9.17, 15) is 9.90 Å². The summed E-state index contributed by atoms with van der Waals surface area (Å²) in [6.45, 7) is 5.62. The molecule has 2 aromatic carbocycles. The van der Waals surface area contributed by atoms with Crippen LogP contribution in [0.15, 0.2) is 53.6 Å². The van der Waals surface area contributed by atoms with E-state index in [0.29, 0.717) is 33.5 Å². The molecule has 166 valence electrons. The van der Waals surface area contributed by atoms with E-state index in [1.165, 1.54) is 6.33 Å². The highest BCUT2D eigenvalue weighted by molar-refractivity contribution is 5.88. The van der Waals surface area contributed by atoms with Crippen LogP contribution in [-0.4, -0.2) is 34.4 Å². The molecular weight excluding hydrogens is 418 g/mol. The van der Waals surface area contributed by atoms with Gasteiger partial charge in [-0.3, -0.25) is 9.36 Å². The van der Waals surface area contributed by atoms with E-state index in [-0.39, 0.29) is 17.9 Å². The first-order valence-corrected chi connectivity index (χ1v) is 10.6. The molecule has 0 radical (unpaired) electrons. The molecule has 1 atom stereocenters. The monoisotopic (exact) mass is 441 g/mol. The number of aliphatic hydroxyl groups excluding tert-OH is 1. The number of anilines is 1. The van der Waals surface area contributed by atoms with Gasteiger partial charge in [-0.15, -0.1) is 0 Å². The van der Waals surface area contributed by atoms with Gasteiger partial charge in [-0.2, -0.15) is 5.10 Å². The number of rotatable bonds is 4. The molecular formula is C24H23N7O2. The van der Waals surface area contributed by atoms with Crippen LogP contribution in [0.1, 0.15) is 35.7 Å². The van der Waals surface area contributed by atoms with Crippen molar-refractivity contribution in [2.75, 3.05) is 5.73 Å². The van der Waals surface area contributed by atoms with Gasteiger partial charge in [0.05, 0.1) is 28.1 Å². The lowest BCUT2D eigenvalue weighted by molar-refractivity contribution is 0.194. The average Bonchev–Trinajstić information content (AvgIpc) is 3.15. The Morgan fingerprint density at radius 2 is 1.79 bits per heavy atom. The summed E-state index contributed by atoms with van der Waals surface area (Å²) in [6.07, 6.45) is 0.487. The minimum atomic E-state index is -0.868. The van der Waals surface area contributed by atoms with Gasteiger partial charge in [0.15, 0.2) is 5.65 Å². The molecule has 0 bridgehead atoms. The number of aryl methyl sites for hydroxylation is 2. The normalized spacial score (nSPS) is 12.5. The average molecular weight is 441 g/mol. The number of nitrogen functional groups attached to an aromatic ring is 1. The second-order valence-corrected chi connectivity index (χ2v) is 8.10. The molecule has 33 heavy (non-hydrogen) atoms. The van der Waals surface area contributed by atoms with E-state index in [4.69, 9.17) is 10.7 Å². The number of hydrogen-bond donors (Lipinski definition) is 2. The van der Waals surface area contributed by atoms with Gasteiger partial charge < -0.3 is 10.8 Å².